The molecule has 1 heterocycles. The van der Waals surface area contributed by atoms with Crippen molar-refractivity contribution in [3.05, 3.63) is 51.8 Å². The number of rotatable bonds is 2. The summed E-state index contributed by atoms with van der Waals surface area (Å²) in [6, 6.07) is 7.87. The van der Waals surface area contributed by atoms with E-state index >= 15 is 0 Å². The molecule has 2 aromatic rings. The highest BCUT2D eigenvalue weighted by Gasteiger charge is 2.13. The molecule has 0 spiro atoms. The Kier molecular flexibility index (Phi) is 4.08. The van der Waals surface area contributed by atoms with E-state index in [1.165, 1.54) is 24.4 Å². The predicted molar refractivity (Wildman–Crippen MR) is 77.8 cm³/mol. The third-order valence-corrected chi connectivity index (χ3v) is 3.03. The van der Waals surface area contributed by atoms with Gasteiger partial charge in [-0.1, -0.05) is 23.2 Å². The summed E-state index contributed by atoms with van der Waals surface area (Å²) < 4.78 is 0. The van der Waals surface area contributed by atoms with Crippen LogP contribution in [-0.4, -0.2) is 10.9 Å². The molecule has 1 amide bonds. The van der Waals surface area contributed by atoms with E-state index in [0.29, 0.717) is 16.3 Å². The van der Waals surface area contributed by atoms with E-state index in [1.807, 2.05) is 6.07 Å². The summed E-state index contributed by atoms with van der Waals surface area (Å²) in [5.41, 5.74) is 6.75. The molecule has 5 nitrogen and oxygen atoms in total. The molecule has 0 aliphatic carbocycles. The molecule has 0 radical (unpaired) electrons. The summed E-state index contributed by atoms with van der Waals surface area (Å²) in [6.45, 7) is 0. The molecule has 1 aromatic heterocycles. The van der Waals surface area contributed by atoms with Crippen molar-refractivity contribution in [3.63, 3.8) is 0 Å². The molecule has 20 heavy (non-hydrogen) atoms. The molecular weight excluding hydrogens is 299 g/mol. The molecule has 0 fully saturated rings. The first-order valence-corrected chi connectivity index (χ1v) is 6.19. The highest BCUT2D eigenvalue weighted by molar-refractivity contribution is 6.34. The minimum absolute atomic E-state index is 0.154. The lowest BCUT2D eigenvalue weighted by Crippen LogP contribution is -2.14. The number of nitrogens with zero attached hydrogens (tertiary/aromatic N) is 2. The van der Waals surface area contributed by atoms with Crippen LogP contribution in [0.5, 0.6) is 0 Å². The number of nitrogens with one attached hydrogen (secondary N) is 1. The maximum Gasteiger partial charge on any atom is 0.257 e. The van der Waals surface area contributed by atoms with Gasteiger partial charge >= 0.3 is 0 Å². The number of nitrogen functional groups attached to an aromatic ring is 1. The number of anilines is 2. The zero-order chi connectivity index (χ0) is 14.7. The van der Waals surface area contributed by atoms with Crippen LogP contribution in [-0.2, 0) is 0 Å². The predicted octanol–water partition coefficient (Wildman–Crippen LogP) is 3.09. The molecule has 0 saturated carbocycles. The van der Waals surface area contributed by atoms with E-state index in [1.54, 1.807) is 6.07 Å². The summed E-state index contributed by atoms with van der Waals surface area (Å²) >= 11 is 11.7. The minimum Gasteiger partial charge on any atom is -0.397 e. The summed E-state index contributed by atoms with van der Waals surface area (Å²) in [6.07, 6.45) is 1.30. The molecule has 100 valence electrons. The van der Waals surface area contributed by atoms with Gasteiger partial charge in [0.25, 0.3) is 5.91 Å². The quantitative estimate of drug-likeness (QED) is 0.834. The van der Waals surface area contributed by atoms with Crippen LogP contribution in [0.4, 0.5) is 11.4 Å². The summed E-state index contributed by atoms with van der Waals surface area (Å²) in [5, 5.41) is 11.9. The van der Waals surface area contributed by atoms with Gasteiger partial charge in [-0.2, -0.15) is 5.26 Å². The number of hydrogen-bond donors (Lipinski definition) is 2. The molecule has 0 bridgehead atoms. The molecule has 1 aromatic carbocycles. The highest BCUT2D eigenvalue weighted by atomic mass is 35.5. The topological polar surface area (TPSA) is 91.8 Å². The summed E-state index contributed by atoms with van der Waals surface area (Å²) in [4.78, 5) is 15.9. The number of halogens is 2. The lowest BCUT2D eigenvalue weighted by molar-refractivity contribution is 0.102. The molecule has 3 N–H and O–H groups in total. The van der Waals surface area contributed by atoms with Crippen LogP contribution in [0.25, 0.3) is 0 Å². The van der Waals surface area contributed by atoms with Crippen molar-refractivity contribution in [1.82, 2.24) is 4.98 Å². The van der Waals surface area contributed by atoms with Gasteiger partial charge in [0.15, 0.2) is 0 Å². The molecule has 0 saturated heterocycles. The molecule has 0 atom stereocenters. The number of nitrogens with two attached hydrogens (primary N) is 1. The van der Waals surface area contributed by atoms with Gasteiger partial charge in [-0.25, -0.2) is 4.98 Å². The van der Waals surface area contributed by atoms with Crippen LogP contribution in [0.2, 0.25) is 10.2 Å². The maximum atomic E-state index is 12.1. The van der Waals surface area contributed by atoms with Gasteiger partial charge in [-0.15, -0.1) is 0 Å². The molecular formula is C13H8Cl2N4O. The second-order valence-corrected chi connectivity index (χ2v) is 4.65. The van der Waals surface area contributed by atoms with Gasteiger partial charge in [0, 0.05) is 0 Å². The third kappa shape index (κ3) is 2.99. The molecule has 2 rings (SSSR count). The molecule has 7 heteroatoms. The van der Waals surface area contributed by atoms with Crippen molar-refractivity contribution >= 4 is 40.5 Å². The van der Waals surface area contributed by atoms with Crippen LogP contribution in [0, 0.1) is 11.3 Å². The fraction of sp³-hybridized carbons (Fsp3) is 0. The lowest BCUT2D eigenvalue weighted by Gasteiger charge is -2.09. The molecule has 0 aliphatic heterocycles. The standard InChI is InChI=1S/C13H8Cl2N4O/c14-9-2-1-7(5-16)3-11(9)19-13(20)8-4-12(15)18-6-10(8)17/h1-4,6H,17H2,(H,19,20). The Hall–Kier alpha value is -2.29. The Morgan fingerprint density at radius 1 is 1.35 bits per heavy atom. The number of benzene rings is 1. The number of carbonyl (C=O) groups excluding carboxylic acids is 1. The fourth-order valence-corrected chi connectivity index (χ4v) is 1.84. The smallest absolute Gasteiger partial charge is 0.257 e. The SMILES string of the molecule is N#Cc1ccc(Cl)c(NC(=O)c2cc(Cl)ncc2N)c1. The average molecular weight is 307 g/mol. The maximum absolute atomic E-state index is 12.1. The first-order chi connectivity index (χ1) is 9.51. The van der Waals surface area contributed by atoms with Gasteiger partial charge in [-0.3, -0.25) is 4.79 Å². The zero-order valence-corrected chi connectivity index (χ0v) is 11.5. The number of pyridine rings is 1. The first-order valence-electron chi connectivity index (χ1n) is 5.43. The van der Waals surface area contributed by atoms with Crippen LogP contribution >= 0.6 is 23.2 Å². The van der Waals surface area contributed by atoms with Crippen molar-refractivity contribution in [2.45, 2.75) is 0 Å². The summed E-state index contributed by atoms with van der Waals surface area (Å²) in [7, 11) is 0. The van der Waals surface area contributed by atoms with Crippen molar-refractivity contribution in [2.75, 3.05) is 11.1 Å². The van der Waals surface area contributed by atoms with Crippen molar-refractivity contribution in [2.24, 2.45) is 0 Å². The van der Waals surface area contributed by atoms with E-state index in [4.69, 9.17) is 34.2 Å². The Bertz CT molecular complexity index is 725. The Labute approximate surface area is 124 Å². The van der Waals surface area contributed by atoms with E-state index < -0.39 is 5.91 Å². The average Bonchev–Trinajstić information content (AvgIpc) is 2.43. The van der Waals surface area contributed by atoms with E-state index in [9.17, 15) is 4.79 Å². The number of hydrogen-bond acceptors (Lipinski definition) is 4. The van der Waals surface area contributed by atoms with Gasteiger partial charge in [0.1, 0.15) is 5.15 Å². The number of aromatic nitrogens is 1. The van der Waals surface area contributed by atoms with Crippen molar-refractivity contribution in [1.29, 1.82) is 5.26 Å². The van der Waals surface area contributed by atoms with Crippen LogP contribution < -0.4 is 11.1 Å². The summed E-state index contributed by atoms with van der Waals surface area (Å²) in [5.74, 6) is -0.483. The number of nitriles is 1. The van der Waals surface area contributed by atoms with Crippen molar-refractivity contribution < 1.29 is 4.79 Å². The second-order valence-electron chi connectivity index (χ2n) is 3.85. The van der Waals surface area contributed by atoms with Gasteiger partial charge in [-0.05, 0) is 24.3 Å². The molecule has 0 unspecified atom stereocenters. The van der Waals surface area contributed by atoms with E-state index in [-0.39, 0.29) is 16.4 Å². The van der Waals surface area contributed by atoms with Gasteiger partial charge < -0.3 is 11.1 Å². The van der Waals surface area contributed by atoms with Gasteiger partial charge in [0.05, 0.1) is 39.8 Å². The van der Waals surface area contributed by atoms with Crippen LogP contribution in [0.15, 0.2) is 30.5 Å². The Balaban J connectivity index is 2.33. The van der Waals surface area contributed by atoms with Crippen LogP contribution in [0.1, 0.15) is 15.9 Å². The minimum atomic E-state index is -0.483. The normalized spacial score (nSPS) is 9.85. The first kappa shape index (κ1) is 14.1. The lowest BCUT2D eigenvalue weighted by atomic mass is 10.2. The van der Waals surface area contributed by atoms with E-state index in [0.717, 1.165) is 0 Å². The highest BCUT2D eigenvalue weighted by Crippen LogP contribution is 2.24. The van der Waals surface area contributed by atoms with Crippen LogP contribution in [0.3, 0.4) is 0 Å². The second kappa shape index (κ2) is 5.78. The van der Waals surface area contributed by atoms with E-state index in [2.05, 4.69) is 10.3 Å². The molecule has 0 aliphatic rings. The zero-order valence-electron chi connectivity index (χ0n) is 10.0. The third-order valence-electron chi connectivity index (χ3n) is 2.49. The largest absolute Gasteiger partial charge is 0.397 e. The number of amides is 1. The Morgan fingerprint density at radius 3 is 2.80 bits per heavy atom. The number of carbonyl (C=O) groups is 1. The van der Waals surface area contributed by atoms with Crippen molar-refractivity contribution in [3.8, 4) is 6.07 Å². The Morgan fingerprint density at radius 2 is 2.10 bits per heavy atom. The van der Waals surface area contributed by atoms with Gasteiger partial charge in [0.2, 0.25) is 0 Å². The monoisotopic (exact) mass is 306 g/mol. The fourth-order valence-electron chi connectivity index (χ4n) is 1.52.